The van der Waals surface area contributed by atoms with Crippen LogP contribution in [0.3, 0.4) is 0 Å². The molecule has 0 bridgehead atoms. The van der Waals surface area contributed by atoms with E-state index >= 15 is 0 Å². The van der Waals surface area contributed by atoms with Gasteiger partial charge in [0.1, 0.15) is 0 Å². The normalized spacial score (nSPS) is 11.3. The van der Waals surface area contributed by atoms with Gasteiger partial charge >= 0.3 is 0 Å². The molecule has 0 saturated heterocycles. The average Bonchev–Trinajstić information content (AvgIpc) is 1.97. The summed E-state index contributed by atoms with van der Waals surface area (Å²) in [5.74, 6) is 0. The molecule has 2 N–H and O–H groups in total. The van der Waals surface area contributed by atoms with Crippen LogP contribution in [-0.4, -0.2) is 17.5 Å². The summed E-state index contributed by atoms with van der Waals surface area (Å²) >= 11 is 0. The van der Waals surface area contributed by atoms with Crippen LogP contribution in [0, 0.1) is 0 Å². The minimum absolute atomic E-state index is 0.557. The van der Waals surface area contributed by atoms with Crippen LogP contribution in [0.2, 0.25) is 0 Å². The summed E-state index contributed by atoms with van der Waals surface area (Å²) in [6, 6.07) is 0.557. The molecule has 11 heavy (non-hydrogen) atoms. The van der Waals surface area contributed by atoms with Crippen molar-refractivity contribution in [3.63, 3.8) is 0 Å². The molecule has 0 unspecified atom stereocenters. The molecule has 2 heteroatoms. The van der Waals surface area contributed by atoms with Crippen LogP contribution in [0.5, 0.6) is 0 Å². The molecule has 0 spiro atoms. The summed E-state index contributed by atoms with van der Waals surface area (Å²) in [7, 11) is 0. The number of unbranched alkanes of at least 4 members (excludes halogenated alkanes) is 1. The highest BCUT2D eigenvalue weighted by atomic mass is 15.1. The predicted molar refractivity (Wildman–Crippen MR) is 50.1 cm³/mol. The Hall–Kier alpha value is -0.660. The topological polar surface area (TPSA) is 29.3 Å². The number of hydrogen-bond acceptors (Lipinski definition) is 2. The van der Waals surface area contributed by atoms with E-state index in [1.165, 1.54) is 12.8 Å². The summed E-state index contributed by atoms with van der Waals surface area (Å²) in [5.41, 5.74) is 5.32. The Morgan fingerprint density at radius 2 is 2.09 bits per heavy atom. The van der Waals surface area contributed by atoms with Crippen molar-refractivity contribution in [1.29, 1.82) is 0 Å². The van der Waals surface area contributed by atoms with E-state index in [0.717, 1.165) is 6.54 Å². The van der Waals surface area contributed by atoms with Crippen LogP contribution >= 0.6 is 0 Å². The van der Waals surface area contributed by atoms with Gasteiger partial charge in [-0.25, -0.2) is 0 Å². The Bertz CT molecular complexity index is 108. The summed E-state index contributed by atoms with van der Waals surface area (Å²) in [4.78, 5) is 2.25. The zero-order chi connectivity index (χ0) is 8.69. The molecule has 2 nitrogen and oxygen atoms in total. The fourth-order valence-corrected chi connectivity index (χ4v) is 0.956. The van der Waals surface area contributed by atoms with Crippen LogP contribution in [0.25, 0.3) is 0 Å². The third-order valence-electron chi connectivity index (χ3n) is 1.71. The minimum atomic E-state index is 0.557. The Balaban J connectivity index is 3.70. The molecule has 0 saturated carbocycles. The minimum Gasteiger partial charge on any atom is -0.403 e. The Morgan fingerprint density at radius 3 is 2.45 bits per heavy atom. The van der Waals surface area contributed by atoms with E-state index in [-0.39, 0.29) is 0 Å². The third kappa shape index (κ3) is 4.71. The summed E-state index contributed by atoms with van der Waals surface area (Å²) in [5, 5.41) is 0. The molecule has 0 aliphatic heterocycles. The first kappa shape index (κ1) is 10.3. The van der Waals surface area contributed by atoms with Crippen molar-refractivity contribution in [3.8, 4) is 0 Å². The maximum absolute atomic E-state index is 5.32. The van der Waals surface area contributed by atoms with Gasteiger partial charge in [0.2, 0.25) is 0 Å². The first-order valence-electron chi connectivity index (χ1n) is 4.36. The van der Waals surface area contributed by atoms with Crippen molar-refractivity contribution in [2.75, 3.05) is 6.54 Å². The standard InChI is InChI=1S/C9H20N2/c1-4-5-7-11(8-6-10)9(2)3/h6,8-9H,4-5,7,10H2,1-3H3/b8-6-. The van der Waals surface area contributed by atoms with Crippen molar-refractivity contribution in [2.45, 2.75) is 39.7 Å². The second-order valence-corrected chi connectivity index (χ2v) is 3.03. The van der Waals surface area contributed by atoms with Gasteiger partial charge in [0.15, 0.2) is 0 Å². The lowest BCUT2D eigenvalue weighted by molar-refractivity contribution is 0.305. The smallest absolute Gasteiger partial charge is 0.0228 e. The monoisotopic (exact) mass is 156 g/mol. The number of rotatable bonds is 5. The maximum atomic E-state index is 5.32. The zero-order valence-electron chi connectivity index (χ0n) is 7.88. The molecule has 0 fully saturated rings. The van der Waals surface area contributed by atoms with Crippen molar-refractivity contribution >= 4 is 0 Å². The van der Waals surface area contributed by atoms with E-state index in [4.69, 9.17) is 5.73 Å². The Labute approximate surface area is 70.1 Å². The lowest BCUT2D eigenvalue weighted by Gasteiger charge is -2.24. The lowest BCUT2D eigenvalue weighted by atomic mass is 10.2. The van der Waals surface area contributed by atoms with Crippen LogP contribution in [-0.2, 0) is 0 Å². The molecule has 0 aromatic heterocycles. The van der Waals surface area contributed by atoms with E-state index in [1.807, 2.05) is 6.20 Å². The first-order chi connectivity index (χ1) is 5.22. The van der Waals surface area contributed by atoms with Crippen LogP contribution in [0.4, 0.5) is 0 Å². The highest BCUT2D eigenvalue weighted by Gasteiger charge is 2.01. The van der Waals surface area contributed by atoms with Crippen LogP contribution < -0.4 is 5.73 Å². The van der Waals surface area contributed by atoms with Crippen molar-refractivity contribution in [1.82, 2.24) is 4.90 Å². The molecule has 0 rings (SSSR count). The van der Waals surface area contributed by atoms with Gasteiger partial charge in [0.05, 0.1) is 0 Å². The maximum Gasteiger partial charge on any atom is 0.0228 e. The average molecular weight is 156 g/mol. The number of nitrogens with zero attached hydrogens (tertiary/aromatic N) is 1. The van der Waals surface area contributed by atoms with Gasteiger partial charge in [-0.1, -0.05) is 13.3 Å². The summed E-state index contributed by atoms with van der Waals surface area (Å²) in [6.45, 7) is 7.66. The quantitative estimate of drug-likeness (QED) is 0.659. The fraction of sp³-hybridized carbons (Fsp3) is 0.778. The van der Waals surface area contributed by atoms with Crippen molar-refractivity contribution in [2.24, 2.45) is 5.73 Å². The summed E-state index contributed by atoms with van der Waals surface area (Å²) < 4.78 is 0. The zero-order valence-corrected chi connectivity index (χ0v) is 7.88. The van der Waals surface area contributed by atoms with Gasteiger partial charge in [-0.05, 0) is 20.3 Å². The van der Waals surface area contributed by atoms with Gasteiger partial charge in [-0.15, -0.1) is 0 Å². The molecular weight excluding hydrogens is 136 g/mol. The first-order valence-corrected chi connectivity index (χ1v) is 4.36. The Kier molecular flexibility index (Phi) is 5.71. The summed E-state index contributed by atoms with van der Waals surface area (Å²) in [6.07, 6.45) is 6.04. The van der Waals surface area contributed by atoms with Crippen LogP contribution in [0.15, 0.2) is 12.4 Å². The van der Waals surface area contributed by atoms with Crippen LogP contribution in [0.1, 0.15) is 33.6 Å². The molecule has 0 aliphatic rings. The molecule has 0 heterocycles. The molecule has 0 aromatic carbocycles. The molecule has 0 radical (unpaired) electrons. The number of hydrogen-bond donors (Lipinski definition) is 1. The van der Waals surface area contributed by atoms with Crippen molar-refractivity contribution < 1.29 is 0 Å². The van der Waals surface area contributed by atoms with Gasteiger partial charge in [0, 0.05) is 25.0 Å². The predicted octanol–water partition coefficient (Wildman–Crippen LogP) is 1.93. The number of nitrogens with two attached hydrogens (primary N) is 1. The molecule has 0 atom stereocenters. The molecule has 0 aliphatic carbocycles. The molecule has 0 amide bonds. The van der Waals surface area contributed by atoms with E-state index in [0.29, 0.717) is 6.04 Å². The highest BCUT2D eigenvalue weighted by Crippen LogP contribution is 2.01. The highest BCUT2D eigenvalue weighted by molar-refractivity contribution is 4.79. The van der Waals surface area contributed by atoms with Gasteiger partial charge < -0.3 is 10.6 Å². The lowest BCUT2D eigenvalue weighted by Crippen LogP contribution is -2.26. The molecule has 66 valence electrons. The van der Waals surface area contributed by atoms with Crippen molar-refractivity contribution in [3.05, 3.63) is 12.4 Å². The van der Waals surface area contributed by atoms with E-state index < -0.39 is 0 Å². The molecule has 0 aromatic rings. The second-order valence-electron chi connectivity index (χ2n) is 3.03. The Morgan fingerprint density at radius 1 is 1.45 bits per heavy atom. The van der Waals surface area contributed by atoms with E-state index in [1.54, 1.807) is 6.20 Å². The van der Waals surface area contributed by atoms with Gasteiger partial charge in [-0.3, -0.25) is 0 Å². The van der Waals surface area contributed by atoms with Gasteiger partial charge in [0.25, 0.3) is 0 Å². The fourth-order valence-electron chi connectivity index (χ4n) is 0.956. The molecular formula is C9H20N2. The largest absolute Gasteiger partial charge is 0.403 e. The SMILES string of the molecule is CCCCN(/C=C\N)C(C)C. The van der Waals surface area contributed by atoms with E-state index in [2.05, 4.69) is 25.7 Å². The second kappa shape index (κ2) is 6.08. The third-order valence-corrected chi connectivity index (χ3v) is 1.71. The van der Waals surface area contributed by atoms with Gasteiger partial charge in [-0.2, -0.15) is 0 Å². The van der Waals surface area contributed by atoms with E-state index in [9.17, 15) is 0 Å².